The molecule has 0 aromatic heterocycles. The molecule has 16 heavy (non-hydrogen) atoms. The Morgan fingerprint density at radius 2 is 1.88 bits per heavy atom. The van der Waals surface area contributed by atoms with Gasteiger partial charge in [0, 0.05) is 16.9 Å². The van der Waals surface area contributed by atoms with Crippen molar-refractivity contribution in [3.05, 3.63) is 33.3 Å². The van der Waals surface area contributed by atoms with Crippen molar-refractivity contribution >= 4 is 15.9 Å². The summed E-state index contributed by atoms with van der Waals surface area (Å²) in [6.45, 7) is 6.13. The van der Waals surface area contributed by atoms with Gasteiger partial charge in [-0.3, -0.25) is 0 Å². The maximum absolute atomic E-state index is 3.59. The predicted octanol–water partition coefficient (Wildman–Crippen LogP) is 3.74. The smallest absolute Gasteiger partial charge is 0.0428 e. The molecule has 1 aromatic carbocycles. The molecule has 0 saturated carbocycles. The molecule has 0 aliphatic rings. The van der Waals surface area contributed by atoms with Crippen LogP contribution in [0.2, 0.25) is 0 Å². The minimum atomic E-state index is 0.318. The van der Waals surface area contributed by atoms with Crippen LogP contribution < -0.4 is 5.32 Å². The lowest BCUT2D eigenvalue weighted by molar-refractivity contribution is 0.610. The number of benzene rings is 1. The maximum atomic E-state index is 3.59. The molecule has 2 heteroatoms. The molecule has 0 heterocycles. The highest BCUT2D eigenvalue weighted by Crippen LogP contribution is 2.26. The lowest BCUT2D eigenvalue weighted by atomic mass is 9.99. The van der Waals surface area contributed by atoms with Crippen LogP contribution in [-0.4, -0.2) is 7.05 Å². The monoisotopic (exact) mass is 279 g/mol. The van der Waals surface area contributed by atoms with Crippen molar-refractivity contribution in [2.75, 3.05) is 7.05 Å². The zero-order valence-electron chi connectivity index (χ0n) is 10.3. The normalized spacial score (nSPS) is 11.8. The van der Waals surface area contributed by atoms with Gasteiger partial charge in [0.15, 0.2) is 0 Å². The Morgan fingerprint density at radius 1 is 1.31 bits per heavy atom. The van der Waals surface area contributed by atoms with Gasteiger partial charge in [0.25, 0.3) is 0 Å². The van der Waals surface area contributed by atoms with E-state index in [0.717, 1.165) is 6.42 Å². The van der Waals surface area contributed by atoms with Gasteiger partial charge < -0.3 is 5.32 Å². The molecule has 0 spiro atoms. The summed E-state index contributed by atoms with van der Waals surface area (Å²) in [5, 5.41) is 3.31. The SMILES string of the molecule is CC#CCC(NC)c1cc(C)c(Br)c(C)c1. The zero-order chi connectivity index (χ0) is 12.1. The molecule has 1 rings (SSSR count). The van der Waals surface area contributed by atoms with Gasteiger partial charge in [0.05, 0.1) is 0 Å². The van der Waals surface area contributed by atoms with E-state index in [1.807, 2.05) is 14.0 Å². The van der Waals surface area contributed by atoms with Crippen LogP contribution in [0.1, 0.15) is 36.1 Å². The summed E-state index contributed by atoms with van der Waals surface area (Å²) in [7, 11) is 1.98. The van der Waals surface area contributed by atoms with E-state index in [1.165, 1.54) is 21.2 Å². The van der Waals surface area contributed by atoms with Crippen molar-refractivity contribution in [2.24, 2.45) is 0 Å². The van der Waals surface area contributed by atoms with E-state index < -0.39 is 0 Å². The predicted molar refractivity (Wildman–Crippen MR) is 73.5 cm³/mol. The van der Waals surface area contributed by atoms with Crippen molar-refractivity contribution in [3.63, 3.8) is 0 Å². The summed E-state index contributed by atoms with van der Waals surface area (Å²) in [4.78, 5) is 0. The second-order valence-electron chi connectivity index (χ2n) is 3.94. The Hall–Kier alpha value is -0.780. The van der Waals surface area contributed by atoms with Crippen LogP contribution >= 0.6 is 15.9 Å². The molecule has 0 radical (unpaired) electrons. The van der Waals surface area contributed by atoms with Gasteiger partial charge in [-0.2, -0.15) is 0 Å². The summed E-state index contributed by atoms with van der Waals surface area (Å²) in [6, 6.07) is 4.75. The average molecular weight is 280 g/mol. The Balaban J connectivity index is 3.04. The summed E-state index contributed by atoms with van der Waals surface area (Å²) in [5.41, 5.74) is 3.86. The fourth-order valence-corrected chi connectivity index (χ4v) is 2.00. The molecule has 1 nitrogen and oxygen atoms in total. The van der Waals surface area contributed by atoms with Crippen LogP contribution in [-0.2, 0) is 0 Å². The van der Waals surface area contributed by atoms with Crippen molar-refractivity contribution in [1.29, 1.82) is 0 Å². The number of rotatable bonds is 3. The van der Waals surface area contributed by atoms with Gasteiger partial charge in [-0.05, 0) is 44.5 Å². The number of nitrogens with one attached hydrogen (secondary N) is 1. The van der Waals surface area contributed by atoms with E-state index in [1.54, 1.807) is 0 Å². The molecule has 0 bridgehead atoms. The molecule has 1 atom stereocenters. The van der Waals surface area contributed by atoms with E-state index in [9.17, 15) is 0 Å². The minimum Gasteiger partial charge on any atom is -0.312 e. The fraction of sp³-hybridized carbons (Fsp3) is 0.429. The van der Waals surface area contributed by atoms with Crippen molar-refractivity contribution in [2.45, 2.75) is 33.2 Å². The quantitative estimate of drug-likeness (QED) is 0.832. The molecular formula is C14H18BrN. The second kappa shape index (κ2) is 6.08. The van der Waals surface area contributed by atoms with Crippen LogP contribution in [0.15, 0.2) is 16.6 Å². The Kier molecular flexibility index (Phi) is 5.05. The van der Waals surface area contributed by atoms with E-state index in [4.69, 9.17) is 0 Å². The fourth-order valence-electron chi connectivity index (χ4n) is 1.77. The third-order valence-electron chi connectivity index (χ3n) is 2.69. The second-order valence-corrected chi connectivity index (χ2v) is 4.73. The summed E-state index contributed by atoms with van der Waals surface area (Å²) in [5.74, 6) is 6.07. The number of halogens is 1. The van der Waals surface area contributed by atoms with E-state index in [-0.39, 0.29) is 0 Å². The highest BCUT2D eigenvalue weighted by Gasteiger charge is 2.10. The van der Waals surface area contributed by atoms with E-state index in [0.29, 0.717) is 6.04 Å². The molecule has 1 aromatic rings. The van der Waals surface area contributed by atoms with Crippen LogP contribution in [0.4, 0.5) is 0 Å². The molecule has 1 N–H and O–H groups in total. The van der Waals surface area contributed by atoms with Gasteiger partial charge in [-0.1, -0.05) is 28.1 Å². The van der Waals surface area contributed by atoms with E-state index in [2.05, 4.69) is 59.1 Å². The molecular weight excluding hydrogens is 262 g/mol. The van der Waals surface area contributed by atoms with Crippen molar-refractivity contribution < 1.29 is 0 Å². The van der Waals surface area contributed by atoms with Crippen molar-refractivity contribution in [3.8, 4) is 11.8 Å². The van der Waals surface area contributed by atoms with Gasteiger partial charge in [-0.25, -0.2) is 0 Å². The summed E-state index contributed by atoms with van der Waals surface area (Å²) in [6.07, 6.45) is 0.855. The maximum Gasteiger partial charge on any atom is 0.0428 e. The molecule has 0 saturated heterocycles. The molecule has 0 fully saturated rings. The van der Waals surface area contributed by atoms with Crippen LogP contribution in [0.3, 0.4) is 0 Å². The molecule has 0 aliphatic carbocycles. The first-order valence-corrected chi connectivity index (χ1v) is 6.23. The van der Waals surface area contributed by atoms with Gasteiger partial charge >= 0.3 is 0 Å². The molecule has 1 unspecified atom stereocenters. The third kappa shape index (κ3) is 3.10. The van der Waals surface area contributed by atoms with Crippen LogP contribution in [0.5, 0.6) is 0 Å². The van der Waals surface area contributed by atoms with Crippen molar-refractivity contribution in [1.82, 2.24) is 5.32 Å². The first-order valence-electron chi connectivity index (χ1n) is 5.43. The van der Waals surface area contributed by atoms with E-state index >= 15 is 0 Å². The standard InChI is InChI=1S/C14H18BrN/c1-5-6-7-13(16-4)12-8-10(2)14(15)11(3)9-12/h8-9,13,16H,7H2,1-4H3. The van der Waals surface area contributed by atoms with Crippen LogP contribution in [0.25, 0.3) is 0 Å². The molecule has 0 aliphatic heterocycles. The largest absolute Gasteiger partial charge is 0.312 e. The highest BCUT2D eigenvalue weighted by molar-refractivity contribution is 9.10. The Bertz CT molecular complexity index is 403. The number of hydrogen-bond acceptors (Lipinski definition) is 1. The summed E-state index contributed by atoms with van der Waals surface area (Å²) < 4.78 is 1.20. The van der Waals surface area contributed by atoms with Gasteiger partial charge in [0.1, 0.15) is 0 Å². The first kappa shape index (κ1) is 13.3. The number of aryl methyl sites for hydroxylation is 2. The Morgan fingerprint density at radius 3 is 2.31 bits per heavy atom. The minimum absolute atomic E-state index is 0.318. The van der Waals surface area contributed by atoms with Gasteiger partial charge in [-0.15, -0.1) is 11.8 Å². The Labute approximate surface area is 107 Å². The topological polar surface area (TPSA) is 12.0 Å². The highest BCUT2D eigenvalue weighted by atomic mass is 79.9. The molecule has 0 amide bonds. The van der Waals surface area contributed by atoms with Crippen LogP contribution in [0, 0.1) is 25.7 Å². The van der Waals surface area contributed by atoms with Gasteiger partial charge in [0.2, 0.25) is 0 Å². The third-order valence-corrected chi connectivity index (χ3v) is 3.94. The molecule has 86 valence electrons. The first-order chi connectivity index (χ1) is 7.60. The number of hydrogen-bond donors (Lipinski definition) is 1. The lowest BCUT2D eigenvalue weighted by Gasteiger charge is -2.16. The summed E-state index contributed by atoms with van der Waals surface area (Å²) >= 11 is 3.59. The zero-order valence-corrected chi connectivity index (χ0v) is 11.9. The lowest BCUT2D eigenvalue weighted by Crippen LogP contribution is -2.16. The average Bonchev–Trinajstić information content (AvgIpc) is 2.26.